The van der Waals surface area contributed by atoms with E-state index in [2.05, 4.69) is 23.4 Å². The Hall–Kier alpha value is -1.11. The third kappa shape index (κ3) is 2.08. The Kier molecular flexibility index (Phi) is 3.25. The second kappa shape index (κ2) is 4.94. The number of nitrogens with zero attached hydrogens (tertiary/aromatic N) is 2. The molecule has 1 N–H and O–H groups in total. The van der Waals surface area contributed by atoms with Crippen molar-refractivity contribution in [3.05, 3.63) is 22.5 Å². The van der Waals surface area contributed by atoms with Gasteiger partial charge in [-0.3, -0.25) is 9.20 Å². The van der Waals surface area contributed by atoms with Crippen molar-refractivity contribution in [2.75, 3.05) is 0 Å². The number of hydrogen-bond donors (Lipinski definition) is 1. The lowest BCUT2D eigenvalue weighted by Gasteiger charge is -2.27. The fraction of sp³-hybridized carbons (Fsp3) is 0.600. The summed E-state index contributed by atoms with van der Waals surface area (Å²) in [6, 6.07) is 0. The number of imidazole rings is 1. The van der Waals surface area contributed by atoms with Crippen LogP contribution in [0.25, 0.3) is 4.96 Å². The summed E-state index contributed by atoms with van der Waals surface area (Å²) in [6.45, 7) is 4.46. The molecule has 3 unspecified atom stereocenters. The number of carbonyl (C=O) groups is 1. The first kappa shape index (κ1) is 14.5. The maximum absolute atomic E-state index is 12.6. The Labute approximate surface area is 137 Å². The maximum atomic E-state index is 12.6. The highest BCUT2D eigenvalue weighted by atomic mass is 35.5. The minimum absolute atomic E-state index is 0.123. The molecule has 4 rings (SSSR count). The largest absolute Gasteiger partial charge is 0.373 e. The van der Waals surface area contributed by atoms with Gasteiger partial charge in [0.05, 0.1) is 30.1 Å². The van der Waals surface area contributed by atoms with E-state index in [0.717, 1.165) is 29.2 Å². The van der Waals surface area contributed by atoms with E-state index in [4.69, 9.17) is 16.3 Å². The summed E-state index contributed by atoms with van der Waals surface area (Å²) in [4.78, 5) is 18.4. The number of amides is 1. The molecule has 0 aliphatic carbocycles. The van der Waals surface area contributed by atoms with Crippen LogP contribution in [-0.2, 0) is 16.1 Å². The van der Waals surface area contributed by atoms with E-state index in [0.29, 0.717) is 13.0 Å². The molecule has 0 saturated carbocycles. The van der Waals surface area contributed by atoms with Crippen molar-refractivity contribution in [3.63, 3.8) is 0 Å². The van der Waals surface area contributed by atoms with Gasteiger partial charge in [-0.1, -0.05) is 0 Å². The molecule has 0 spiro atoms. The number of carbonyl (C=O) groups excluding carboxylic acids is 1. The molecule has 22 heavy (non-hydrogen) atoms. The summed E-state index contributed by atoms with van der Waals surface area (Å²) in [5.41, 5.74) is 1.96. The predicted molar refractivity (Wildman–Crippen MR) is 85.5 cm³/mol. The monoisotopic (exact) mass is 339 g/mol. The van der Waals surface area contributed by atoms with E-state index in [9.17, 15) is 4.79 Å². The lowest BCUT2D eigenvalue weighted by Crippen LogP contribution is -2.48. The summed E-state index contributed by atoms with van der Waals surface area (Å²) in [6.07, 6.45) is 4.57. The second-order valence-corrected chi connectivity index (χ2v) is 8.10. The smallest absolute Gasteiger partial charge is 0.244 e. The van der Waals surface area contributed by atoms with Crippen LogP contribution in [0.5, 0.6) is 0 Å². The predicted octanol–water partition coefficient (Wildman–Crippen LogP) is 2.56. The Balaban J connectivity index is 1.52. The van der Waals surface area contributed by atoms with Crippen LogP contribution in [0.4, 0.5) is 0 Å². The van der Waals surface area contributed by atoms with Gasteiger partial charge in [-0.25, -0.2) is 4.98 Å². The summed E-state index contributed by atoms with van der Waals surface area (Å²) < 4.78 is 7.78. The molecule has 3 atom stereocenters. The zero-order valence-electron chi connectivity index (χ0n) is 12.6. The number of aromatic nitrogens is 2. The van der Waals surface area contributed by atoms with Crippen molar-refractivity contribution >= 4 is 33.8 Å². The Morgan fingerprint density at radius 2 is 2.41 bits per heavy atom. The number of fused-ring (bicyclic) bond motifs is 3. The van der Waals surface area contributed by atoms with E-state index in [1.54, 1.807) is 11.3 Å². The van der Waals surface area contributed by atoms with Crippen LogP contribution in [0.15, 0.2) is 6.20 Å². The number of nitrogens with one attached hydrogen (secondary N) is 1. The quantitative estimate of drug-likeness (QED) is 0.874. The molecule has 4 heterocycles. The van der Waals surface area contributed by atoms with Gasteiger partial charge in [0.15, 0.2) is 9.84 Å². The molecule has 5 nitrogen and oxygen atoms in total. The highest BCUT2D eigenvalue weighted by molar-refractivity contribution is 7.17. The minimum atomic E-state index is -0.898. The van der Waals surface area contributed by atoms with Crippen LogP contribution in [0.3, 0.4) is 0 Å². The number of ether oxygens (including phenoxy) is 1. The van der Waals surface area contributed by atoms with Gasteiger partial charge < -0.3 is 10.1 Å². The molecule has 2 bridgehead atoms. The van der Waals surface area contributed by atoms with Crippen LogP contribution in [0, 0.1) is 13.8 Å². The number of thiazole rings is 1. The average Bonchev–Trinajstić information content (AvgIpc) is 3.17. The molecule has 0 radical (unpaired) electrons. The number of alkyl halides is 1. The number of hydrogen-bond acceptors (Lipinski definition) is 4. The van der Waals surface area contributed by atoms with Gasteiger partial charge in [0.1, 0.15) is 0 Å². The van der Waals surface area contributed by atoms with Crippen molar-refractivity contribution in [2.24, 2.45) is 0 Å². The molecule has 2 aromatic rings. The third-order valence-corrected chi connectivity index (χ3v) is 6.14. The van der Waals surface area contributed by atoms with E-state index in [-0.39, 0.29) is 18.1 Å². The standard InChI is InChI=1S/C15H18ClN3O2S/c1-8-7-19-11(9(2)18-14(19)22-8)6-17-13(20)15(16)5-10-3-4-12(15)21-10/h7,10,12H,3-6H2,1-2H3,(H,17,20). The molecule has 118 valence electrons. The van der Waals surface area contributed by atoms with E-state index in [1.807, 2.05) is 11.3 Å². The lowest BCUT2D eigenvalue weighted by molar-refractivity contribution is -0.125. The second-order valence-electron chi connectivity index (χ2n) is 6.21. The molecule has 2 aromatic heterocycles. The van der Waals surface area contributed by atoms with E-state index >= 15 is 0 Å². The topological polar surface area (TPSA) is 55.6 Å². The molecular weight excluding hydrogens is 322 g/mol. The van der Waals surface area contributed by atoms with Gasteiger partial charge in [-0.2, -0.15) is 0 Å². The van der Waals surface area contributed by atoms with Gasteiger partial charge in [0.25, 0.3) is 0 Å². The van der Waals surface area contributed by atoms with Crippen LogP contribution in [0.2, 0.25) is 0 Å². The van der Waals surface area contributed by atoms with Gasteiger partial charge >= 0.3 is 0 Å². The maximum Gasteiger partial charge on any atom is 0.244 e. The lowest BCUT2D eigenvalue weighted by atomic mass is 9.87. The summed E-state index contributed by atoms with van der Waals surface area (Å²) >= 11 is 8.21. The Morgan fingerprint density at radius 3 is 3.09 bits per heavy atom. The highest BCUT2D eigenvalue weighted by Gasteiger charge is 2.56. The van der Waals surface area contributed by atoms with Crippen molar-refractivity contribution < 1.29 is 9.53 Å². The highest BCUT2D eigenvalue weighted by Crippen LogP contribution is 2.46. The van der Waals surface area contributed by atoms with Gasteiger partial charge in [0, 0.05) is 17.5 Å². The Morgan fingerprint density at radius 1 is 1.59 bits per heavy atom. The summed E-state index contributed by atoms with van der Waals surface area (Å²) in [7, 11) is 0. The van der Waals surface area contributed by atoms with Gasteiger partial charge in [-0.15, -0.1) is 22.9 Å². The van der Waals surface area contributed by atoms with E-state index in [1.165, 1.54) is 4.88 Å². The number of aryl methyl sites for hydroxylation is 2. The minimum Gasteiger partial charge on any atom is -0.373 e. The first-order chi connectivity index (χ1) is 10.5. The van der Waals surface area contributed by atoms with Crippen molar-refractivity contribution in [1.29, 1.82) is 0 Å². The SMILES string of the molecule is Cc1cn2c(CNC(=O)C3(Cl)CC4CCC3O4)c(C)nc2s1. The molecule has 2 fully saturated rings. The fourth-order valence-corrected chi connectivity index (χ4v) is 4.82. The summed E-state index contributed by atoms with van der Waals surface area (Å²) in [5, 5.41) is 2.99. The average molecular weight is 340 g/mol. The van der Waals surface area contributed by atoms with Crippen LogP contribution in [0.1, 0.15) is 35.5 Å². The van der Waals surface area contributed by atoms with Crippen LogP contribution in [-0.4, -0.2) is 32.4 Å². The van der Waals surface area contributed by atoms with E-state index < -0.39 is 4.87 Å². The first-order valence-electron chi connectivity index (χ1n) is 7.54. The molecule has 2 aliphatic rings. The zero-order valence-corrected chi connectivity index (χ0v) is 14.1. The van der Waals surface area contributed by atoms with Gasteiger partial charge in [0.2, 0.25) is 5.91 Å². The Bertz CT molecular complexity index is 755. The number of halogens is 1. The molecule has 2 aliphatic heterocycles. The fourth-order valence-electron chi connectivity index (χ4n) is 3.53. The van der Waals surface area contributed by atoms with Crippen molar-refractivity contribution in [1.82, 2.24) is 14.7 Å². The molecule has 0 aromatic carbocycles. The van der Waals surface area contributed by atoms with Crippen LogP contribution < -0.4 is 5.32 Å². The van der Waals surface area contributed by atoms with Gasteiger partial charge in [-0.05, 0) is 26.7 Å². The molecular formula is C15H18ClN3O2S. The third-order valence-electron chi connectivity index (χ3n) is 4.68. The summed E-state index contributed by atoms with van der Waals surface area (Å²) in [5.74, 6) is -0.123. The molecule has 7 heteroatoms. The van der Waals surface area contributed by atoms with Crippen molar-refractivity contribution in [2.45, 2.75) is 56.7 Å². The molecule has 2 saturated heterocycles. The first-order valence-corrected chi connectivity index (χ1v) is 8.73. The number of rotatable bonds is 3. The molecule has 1 amide bonds. The normalized spacial score (nSPS) is 30.3. The van der Waals surface area contributed by atoms with Crippen molar-refractivity contribution in [3.8, 4) is 0 Å². The zero-order chi connectivity index (χ0) is 15.5. The van der Waals surface area contributed by atoms with Crippen LogP contribution >= 0.6 is 22.9 Å².